The van der Waals surface area contributed by atoms with Gasteiger partial charge in [-0.1, -0.05) is 42.1 Å². The average Bonchev–Trinajstić information content (AvgIpc) is 2.52. The first-order chi connectivity index (χ1) is 10.1. The molecule has 0 radical (unpaired) electrons. The summed E-state index contributed by atoms with van der Waals surface area (Å²) in [6.45, 7) is 1.76. The Balaban J connectivity index is 1.69. The average molecular weight is 307 g/mol. The number of hydrogen-bond acceptors (Lipinski definition) is 4. The molecule has 1 fully saturated rings. The van der Waals surface area contributed by atoms with Crippen molar-refractivity contribution in [2.45, 2.75) is 19.4 Å². The Labute approximate surface area is 129 Å². The number of hydrogen-bond donors (Lipinski definition) is 2. The molecule has 0 atom stereocenters. The van der Waals surface area contributed by atoms with E-state index in [0.29, 0.717) is 12.5 Å². The second-order valence-corrected chi connectivity index (χ2v) is 6.21. The third kappa shape index (κ3) is 5.30. The molecule has 2 rings (SSSR count). The minimum Gasteiger partial charge on any atom is -0.445 e. The van der Waals surface area contributed by atoms with Crippen LogP contribution in [0.1, 0.15) is 18.4 Å². The number of amidine groups is 1. The van der Waals surface area contributed by atoms with Gasteiger partial charge in [-0.15, -0.1) is 0 Å². The molecule has 0 bridgehead atoms. The van der Waals surface area contributed by atoms with Crippen LogP contribution in [0.5, 0.6) is 0 Å². The number of carbonyl (C=O) groups excluding carboxylic acids is 1. The van der Waals surface area contributed by atoms with Gasteiger partial charge in [-0.2, -0.15) is 0 Å². The smallest absolute Gasteiger partial charge is 0.410 e. The van der Waals surface area contributed by atoms with Gasteiger partial charge in [0.2, 0.25) is 0 Å². The van der Waals surface area contributed by atoms with Crippen LogP contribution in [0.25, 0.3) is 0 Å². The summed E-state index contributed by atoms with van der Waals surface area (Å²) in [5.41, 5.74) is 6.34. The Bertz CT molecular complexity index is 473. The normalized spacial score (nSPS) is 15.7. The lowest BCUT2D eigenvalue weighted by Gasteiger charge is -2.31. The first-order valence-electron chi connectivity index (χ1n) is 7.07. The largest absolute Gasteiger partial charge is 0.445 e. The highest BCUT2D eigenvalue weighted by Crippen LogP contribution is 2.22. The van der Waals surface area contributed by atoms with E-state index in [9.17, 15) is 4.79 Å². The van der Waals surface area contributed by atoms with Crippen LogP contribution >= 0.6 is 11.8 Å². The molecule has 0 aromatic heterocycles. The molecule has 3 N–H and O–H groups in total. The Morgan fingerprint density at radius 3 is 2.62 bits per heavy atom. The maximum Gasteiger partial charge on any atom is 0.410 e. The van der Waals surface area contributed by atoms with E-state index in [1.165, 1.54) is 11.8 Å². The van der Waals surface area contributed by atoms with E-state index in [2.05, 4.69) is 0 Å². The number of rotatable bonds is 4. The van der Waals surface area contributed by atoms with Gasteiger partial charge >= 0.3 is 6.09 Å². The van der Waals surface area contributed by atoms with Crippen molar-refractivity contribution < 1.29 is 9.53 Å². The lowest BCUT2D eigenvalue weighted by Crippen LogP contribution is -2.39. The van der Waals surface area contributed by atoms with E-state index < -0.39 is 0 Å². The summed E-state index contributed by atoms with van der Waals surface area (Å²) < 4.78 is 5.33. The highest BCUT2D eigenvalue weighted by Gasteiger charge is 2.23. The molecule has 114 valence electrons. The SMILES string of the molecule is N=C(N)SCC1CCN(C(=O)OCc2ccccc2)CC1. The molecule has 0 aliphatic carbocycles. The summed E-state index contributed by atoms with van der Waals surface area (Å²) in [4.78, 5) is 13.8. The molecule has 1 aliphatic heterocycles. The van der Waals surface area contributed by atoms with Gasteiger partial charge in [0.25, 0.3) is 0 Å². The van der Waals surface area contributed by atoms with Crippen LogP contribution < -0.4 is 5.73 Å². The molecule has 0 unspecified atom stereocenters. The summed E-state index contributed by atoms with van der Waals surface area (Å²) in [5.74, 6) is 1.39. The lowest BCUT2D eigenvalue weighted by molar-refractivity contribution is 0.0840. The topological polar surface area (TPSA) is 79.4 Å². The molecule has 6 heteroatoms. The van der Waals surface area contributed by atoms with E-state index in [0.717, 1.165) is 37.2 Å². The van der Waals surface area contributed by atoms with Gasteiger partial charge in [-0.25, -0.2) is 4.79 Å². The van der Waals surface area contributed by atoms with Crippen LogP contribution in [0.4, 0.5) is 4.79 Å². The third-order valence-corrected chi connectivity index (χ3v) is 4.50. The number of thioether (sulfide) groups is 1. The Morgan fingerprint density at radius 1 is 1.33 bits per heavy atom. The van der Waals surface area contributed by atoms with Crippen molar-refractivity contribution >= 4 is 23.0 Å². The molecule has 0 spiro atoms. The lowest BCUT2D eigenvalue weighted by atomic mass is 9.99. The van der Waals surface area contributed by atoms with E-state index in [-0.39, 0.29) is 11.3 Å². The van der Waals surface area contributed by atoms with Gasteiger partial charge in [0.15, 0.2) is 5.17 Å². The van der Waals surface area contributed by atoms with Crippen molar-refractivity contribution in [2.75, 3.05) is 18.8 Å². The number of nitrogens with one attached hydrogen (secondary N) is 1. The zero-order valence-electron chi connectivity index (χ0n) is 12.0. The predicted molar refractivity (Wildman–Crippen MR) is 85.3 cm³/mol. The fraction of sp³-hybridized carbons (Fsp3) is 0.467. The van der Waals surface area contributed by atoms with Crippen molar-refractivity contribution in [1.82, 2.24) is 4.90 Å². The summed E-state index contributed by atoms with van der Waals surface area (Å²) >= 11 is 1.38. The first kappa shape index (κ1) is 15.7. The predicted octanol–water partition coefficient (Wildman–Crippen LogP) is 2.66. The molecule has 1 aromatic rings. The molecule has 1 heterocycles. The Kier molecular flexibility index (Phi) is 5.92. The van der Waals surface area contributed by atoms with Crippen molar-refractivity contribution in [1.29, 1.82) is 5.41 Å². The van der Waals surface area contributed by atoms with Crippen molar-refractivity contribution in [3.05, 3.63) is 35.9 Å². The Hall–Kier alpha value is -1.69. The van der Waals surface area contributed by atoms with E-state index in [4.69, 9.17) is 15.9 Å². The van der Waals surface area contributed by atoms with E-state index in [1.54, 1.807) is 4.90 Å². The van der Waals surface area contributed by atoms with Crippen molar-refractivity contribution in [2.24, 2.45) is 11.7 Å². The molecule has 1 saturated heterocycles. The molecule has 5 nitrogen and oxygen atoms in total. The van der Waals surface area contributed by atoms with Gasteiger partial charge in [0.1, 0.15) is 6.61 Å². The number of benzene rings is 1. The molecule has 1 amide bonds. The minimum atomic E-state index is -0.239. The molecule has 1 aromatic carbocycles. The van der Waals surface area contributed by atoms with Gasteiger partial charge in [0, 0.05) is 18.8 Å². The summed E-state index contributed by atoms with van der Waals surface area (Å²) in [7, 11) is 0. The van der Waals surface area contributed by atoms with Crippen LogP contribution in [-0.4, -0.2) is 35.0 Å². The van der Waals surface area contributed by atoms with Crippen LogP contribution in [0.15, 0.2) is 30.3 Å². The van der Waals surface area contributed by atoms with Gasteiger partial charge in [0.05, 0.1) is 0 Å². The van der Waals surface area contributed by atoms with Gasteiger partial charge in [-0.05, 0) is 24.3 Å². The number of nitrogens with two attached hydrogens (primary N) is 1. The van der Waals surface area contributed by atoms with Crippen molar-refractivity contribution in [3.8, 4) is 0 Å². The standard InChI is InChI=1S/C15H21N3O2S/c16-14(17)21-11-13-6-8-18(9-7-13)15(19)20-10-12-4-2-1-3-5-12/h1-5,13H,6-11H2,(H3,16,17). The highest BCUT2D eigenvalue weighted by atomic mass is 32.2. The number of likely N-dealkylation sites (tertiary alicyclic amines) is 1. The molecule has 1 aliphatic rings. The zero-order valence-corrected chi connectivity index (χ0v) is 12.8. The molecule has 21 heavy (non-hydrogen) atoms. The van der Waals surface area contributed by atoms with E-state index in [1.807, 2.05) is 30.3 Å². The maximum absolute atomic E-state index is 12.0. The second kappa shape index (κ2) is 7.93. The van der Waals surface area contributed by atoms with Crippen LogP contribution in [0, 0.1) is 11.3 Å². The monoisotopic (exact) mass is 307 g/mol. The Morgan fingerprint density at radius 2 is 2.00 bits per heavy atom. The van der Waals surface area contributed by atoms with Gasteiger partial charge < -0.3 is 15.4 Å². The number of ether oxygens (including phenoxy) is 1. The maximum atomic E-state index is 12.0. The molecule has 0 saturated carbocycles. The summed E-state index contributed by atoms with van der Waals surface area (Å²) in [6, 6.07) is 9.69. The van der Waals surface area contributed by atoms with Crippen LogP contribution in [0.2, 0.25) is 0 Å². The second-order valence-electron chi connectivity index (χ2n) is 5.15. The summed E-state index contributed by atoms with van der Waals surface area (Å²) in [6.07, 6.45) is 1.65. The van der Waals surface area contributed by atoms with Crippen LogP contribution in [-0.2, 0) is 11.3 Å². The number of nitrogens with zero attached hydrogens (tertiary/aromatic N) is 1. The minimum absolute atomic E-state index is 0.166. The number of carbonyl (C=O) groups is 1. The van der Waals surface area contributed by atoms with Crippen LogP contribution in [0.3, 0.4) is 0 Å². The quantitative estimate of drug-likeness (QED) is 0.662. The zero-order chi connectivity index (χ0) is 15.1. The first-order valence-corrected chi connectivity index (χ1v) is 8.06. The highest BCUT2D eigenvalue weighted by molar-refractivity contribution is 8.13. The van der Waals surface area contributed by atoms with Gasteiger partial charge in [-0.3, -0.25) is 5.41 Å². The number of amides is 1. The number of piperidine rings is 1. The fourth-order valence-electron chi connectivity index (χ4n) is 2.30. The summed E-state index contributed by atoms with van der Waals surface area (Å²) in [5, 5.41) is 7.38. The molecular formula is C15H21N3O2S. The fourth-order valence-corrected chi connectivity index (χ4v) is 3.05. The molecular weight excluding hydrogens is 286 g/mol. The third-order valence-electron chi connectivity index (χ3n) is 3.55. The van der Waals surface area contributed by atoms with Crippen molar-refractivity contribution in [3.63, 3.8) is 0 Å². The van der Waals surface area contributed by atoms with E-state index >= 15 is 0 Å².